The molecule has 2 atom stereocenters. The highest BCUT2D eigenvalue weighted by atomic mass is 32.2. The van der Waals surface area contributed by atoms with Crippen LogP contribution < -0.4 is 9.04 Å². The Morgan fingerprint density at radius 2 is 1.71 bits per heavy atom. The number of aryl methyl sites for hydroxylation is 1. The van der Waals surface area contributed by atoms with Gasteiger partial charge in [0, 0.05) is 38.1 Å². The molecule has 0 spiro atoms. The maximum atomic E-state index is 13.6. The molecule has 0 N–H and O–H groups in total. The number of amides is 1. The summed E-state index contributed by atoms with van der Waals surface area (Å²) >= 11 is 0. The van der Waals surface area contributed by atoms with E-state index in [-0.39, 0.29) is 16.8 Å². The zero-order chi connectivity index (χ0) is 25.2. The van der Waals surface area contributed by atoms with Gasteiger partial charge in [-0.1, -0.05) is 19.1 Å². The lowest BCUT2D eigenvalue weighted by molar-refractivity contribution is 0.0673. The number of carbonyl (C=O) groups is 1. The van der Waals surface area contributed by atoms with Crippen LogP contribution in [0.1, 0.15) is 48.3 Å². The van der Waals surface area contributed by atoms with Crippen LogP contribution in [0, 0.1) is 5.92 Å². The van der Waals surface area contributed by atoms with E-state index in [2.05, 4.69) is 17.6 Å². The Labute approximate surface area is 208 Å². The van der Waals surface area contributed by atoms with Gasteiger partial charge in [-0.2, -0.15) is 0 Å². The Morgan fingerprint density at radius 3 is 2.37 bits per heavy atom. The molecular formula is C27H33N3O4S. The van der Waals surface area contributed by atoms with Crippen LogP contribution in [0.2, 0.25) is 0 Å². The molecule has 4 rings (SSSR count). The monoisotopic (exact) mass is 495 g/mol. The minimum atomic E-state index is -3.83. The number of methoxy groups -OCH3 is 1. The quantitative estimate of drug-likeness (QED) is 0.490. The van der Waals surface area contributed by atoms with Gasteiger partial charge in [0.05, 0.1) is 23.7 Å². The number of sulfonamides is 1. The van der Waals surface area contributed by atoms with Crippen LogP contribution in [0.5, 0.6) is 5.75 Å². The van der Waals surface area contributed by atoms with Crippen LogP contribution in [-0.4, -0.2) is 44.5 Å². The lowest BCUT2D eigenvalue weighted by Crippen LogP contribution is -2.35. The van der Waals surface area contributed by atoms with Gasteiger partial charge >= 0.3 is 0 Å². The van der Waals surface area contributed by atoms with Gasteiger partial charge in [0.2, 0.25) is 0 Å². The van der Waals surface area contributed by atoms with Gasteiger partial charge in [0.1, 0.15) is 5.75 Å². The predicted octanol–water partition coefficient (Wildman–Crippen LogP) is 4.86. The number of hydrogen-bond acceptors (Lipinski definition) is 4. The fraction of sp³-hybridized carbons (Fsp3) is 0.370. The molecule has 0 saturated carbocycles. The van der Waals surface area contributed by atoms with Crippen molar-refractivity contribution >= 4 is 21.6 Å². The average molecular weight is 496 g/mol. The Balaban J connectivity index is 1.61. The first kappa shape index (κ1) is 24.9. The molecule has 35 heavy (non-hydrogen) atoms. The van der Waals surface area contributed by atoms with Crippen LogP contribution >= 0.6 is 0 Å². The molecule has 1 saturated heterocycles. The van der Waals surface area contributed by atoms with Gasteiger partial charge in [0.25, 0.3) is 15.9 Å². The zero-order valence-electron chi connectivity index (χ0n) is 20.7. The van der Waals surface area contributed by atoms with Crippen molar-refractivity contribution in [3.05, 3.63) is 78.1 Å². The smallest absolute Gasteiger partial charge is 0.264 e. The molecule has 0 aliphatic carbocycles. The molecule has 0 bridgehead atoms. The normalized spacial score (nSPS) is 18.7. The average Bonchev–Trinajstić information content (AvgIpc) is 3.20. The molecule has 2 heterocycles. The summed E-state index contributed by atoms with van der Waals surface area (Å²) in [5.74, 6) is 0.938. The number of para-hydroxylation sites is 2. The van der Waals surface area contributed by atoms with Crippen molar-refractivity contribution in [2.75, 3.05) is 25.0 Å². The molecule has 1 fully saturated rings. The molecule has 186 valence electrons. The minimum Gasteiger partial charge on any atom is -0.495 e. The van der Waals surface area contributed by atoms with Crippen molar-refractivity contribution in [2.24, 2.45) is 13.0 Å². The molecule has 8 heteroatoms. The van der Waals surface area contributed by atoms with Crippen LogP contribution in [0.15, 0.2) is 71.8 Å². The SMILES string of the molecule is COc1ccccc1N(C)S(=O)(=O)c1ccc(C(=O)N2CC[C@@H](C)CC[C@@H]2c2cccn2C)cc1. The van der Waals surface area contributed by atoms with Crippen LogP contribution in [0.3, 0.4) is 0 Å². The third-order valence-corrected chi connectivity index (χ3v) is 8.73. The summed E-state index contributed by atoms with van der Waals surface area (Å²) in [7, 11) is 1.17. The summed E-state index contributed by atoms with van der Waals surface area (Å²) in [5, 5.41) is 0. The third-order valence-electron chi connectivity index (χ3n) is 6.94. The number of hydrogen-bond donors (Lipinski definition) is 0. The second-order valence-corrected chi connectivity index (χ2v) is 11.2. The minimum absolute atomic E-state index is 0.00691. The fourth-order valence-electron chi connectivity index (χ4n) is 4.74. The number of rotatable bonds is 6. The van der Waals surface area contributed by atoms with Gasteiger partial charge in [-0.05, 0) is 73.7 Å². The number of nitrogens with zero attached hydrogens (tertiary/aromatic N) is 3. The largest absolute Gasteiger partial charge is 0.495 e. The van der Waals surface area contributed by atoms with E-state index >= 15 is 0 Å². The van der Waals surface area contributed by atoms with Gasteiger partial charge in [-0.15, -0.1) is 0 Å². The Kier molecular flexibility index (Phi) is 7.21. The van der Waals surface area contributed by atoms with E-state index in [4.69, 9.17) is 4.74 Å². The number of likely N-dealkylation sites (tertiary alicyclic amines) is 1. The second kappa shape index (κ2) is 10.2. The summed E-state index contributed by atoms with van der Waals surface area (Å²) in [6.45, 7) is 2.90. The zero-order valence-corrected chi connectivity index (χ0v) is 21.5. The number of anilines is 1. The molecule has 2 aromatic carbocycles. The van der Waals surface area contributed by atoms with E-state index in [1.807, 2.05) is 24.2 Å². The standard InChI is InChI=1S/C27H33N3O4S/c1-20-11-16-24(23-9-7-18-28(23)2)30(19-17-20)27(31)21-12-14-22(15-13-21)35(32,33)29(3)25-8-5-6-10-26(25)34-4/h5-10,12-15,18,20,24H,11,16-17,19H2,1-4H3/t20-,24+/m0/s1. The highest BCUT2D eigenvalue weighted by Crippen LogP contribution is 2.34. The number of ether oxygens (including phenoxy) is 1. The Bertz CT molecular complexity index is 1280. The molecule has 0 unspecified atom stereocenters. The van der Waals surface area contributed by atoms with Gasteiger partial charge in [-0.3, -0.25) is 9.10 Å². The van der Waals surface area contributed by atoms with Gasteiger partial charge < -0.3 is 14.2 Å². The Hall–Kier alpha value is -3.26. The maximum Gasteiger partial charge on any atom is 0.264 e. The fourth-order valence-corrected chi connectivity index (χ4v) is 5.95. The molecule has 1 aliphatic rings. The molecule has 1 aliphatic heterocycles. The van der Waals surface area contributed by atoms with Crippen molar-refractivity contribution in [3.63, 3.8) is 0 Å². The molecular weight excluding hydrogens is 462 g/mol. The van der Waals surface area contributed by atoms with E-state index in [0.717, 1.165) is 25.0 Å². The summed E-state index contributed by atoms with van der Waals surface area (Å²) < 4.78 is 35.2. The van der Waals surface area contributed by atoms with Crippen LogP contribution in [0.25, 0.3) is 0 Å². The van der Waals surface area contributed by atoms with Gasteiger partial charge in [-0.25, -0.2) is 8.42 Å². The summed E-state index contributed by atoms with van der Waals surface area (Å²) in [6, 6.07) is 17.3. The second-order valence-electron chi connectivity index (χ2n) is 9.20. The van der Waals surface area contributed by atoms with Crippen molar-refractivity contribution in [2.45, 2.75) is 37.1 Å². The number of aromatic nitrogens is 1. The number of benzene rings is 2. The molecule has 1 aromatic heterocycles. The van der Waals surface area contributed by atoms with E-state index in [9.17, 15) is 13.2 Å². The van der Waals surface area contributed by atoms with Crippen molar-refractivity contribution in [3.8, 4) is 5.75 Å². The highest BCUT2D eigenvalue weighted by Gasteiger charge is 2.31. The summed E-state index contributed by atoms with van der Waals surface area (Å²) in [5.41, 5.74) is 2.04. The molecule has 7 nitrogen and oxygen atoms in total. The van der Waals surface area contributed by atoms with Crippen LogP contribution in [-0.2, 0) is 17.1 Å². The first-order chi connectivity index (χ1) is 16.7. The Morgan fingerprint density at radius 1 is 1.00 bits per heavy atom. The van der Waals surface area contributed by atoms with Crippen molar-refractivity contribution in [1.82, 2.24) is 9.47 Å². The first-order valence-corrected chi connectivity index (χ1v) is 13.3. The van der Waals surface area contributed by atoms with Crippen molar-refractivity contribution < 1.29 is 17.9 Å². The van der Waals surface area contributed by atoms with Crippen LogP contribution in [0.4, 0.5) is 5.69 Å². The number of carbonyl (C=O) groups excluding carboxylic acids is 1. The maximum absolute atomic E-state index is 13.6. The van der Waals surface area contributed by atoms with Gasteiger partial charge in [0.15, 0.2) is 0 Å². The molecule has 3 aromatic rings. The van der Waals surface area contributed by atoms with Crippen molar-refractivity contribution in [1.29, 1.82) is 0 Å². The lowest BCUT2D eigenvalue weighted by Gasteiger charge is -2.31. The van der Waals surface area contributed by atoms with E-state index < -0.39 is 10.0 Å². The summed E-state index contributed by atoms with van der Waals surface area (Å²) in [6.07, 6.45) is 4.92. The van der Waals surface area contributed by atoms with E-state index in [1.54, 1.807) is 36.4 Å². The molecule has 0 radical (unpaired) electrons. The topological polar surface area (TPSA) is 71.8 Å². The molecule has 1 amide bonds. The third kappa shape index (κ3) is 4.93. The predicted molar refractivity (Wildman–Crippen MR) is 137 cm³/mol. The van der Waals surface area contributed by atoms with E-state index in [1.165, 1.54) is 30.6 Å². The lowest BCUT2D eigenvalue weighted by atomic mass is 10.00. The first-order valence-electron chi connectivity index (χ1n) is 11.9. The highest BCUT2D eigenvalue weighted by molar-refractivity contribution is 7.92. The van der Waals surface area contributed by atoms with E-state index in [0.29, 0.717) is 29.5 Å². The summed E-state index contributed by atoms with van der Waals surface area (Å²) in [4.78, 5) is 15.7.